The van der Waals surface area contributed by atoms with E-state index in [1.807, 2.05) is 0 Å². The highest BCUT2D eigenvalue weighted by atomic mass is 32.2. The first-order valence-electron chi connectivity index (χ1n) is 5.19. The monoisotopic (exact) mass is 259 g/mol. The maximum atomic E-state index is 12.0. The first kappa shape index (κ1) is 14.1. The smallest absolute Gasteiger partial charge is 0.241 e. The molecule has 6 heteroatoms. The highest BCUT2D eigenvalue weighted by Crippen LogP contribution is 2.14. The molecule has 0 aliphatic rings. The molecule has 0 saturated carbocycles. The average Bonchev–Trinajstić information content (AvgIpc) is 2.28. The second-order valence-corrected chi connectivity index (χ2v) is 5.40. The lowest BCUT2D eigenvalue weighted by Crippen LogP contribution is -2.40. The van der Waals surface area contributed by atoms with Crippen molar-refractivity contribution in [1.29, 1.82) is 0 Å². The van der Waals surface area contributed by atoms with E-state index in [-0.39, 0.29) is 18.1 Å². The fourth-order valence-corrected chi connectivity index (χ4v) is 2.92. The summed E-state index contributed by atoms with van der Waals surface area (Å²) in [7, 11) is -2.17. The highest BCUT2D eigenvalue weighted by molar-refractivity contribution is 7.89. The van der Waals surface area contributed by atoms with Crippen LogP contribution in [0, 0.1) is 6.92 Å². The molecule has 1 aromatic carbocycles. The van der Waals surface area contributed by atoms with Gasteiger partial charge in [0.2, 0.25) is 10.0 Å². The third-order valence-electron chi connectivity index (χ3n) is 2.29. The second-order valence-electron chi connectivity index (χ2n) is 3.72. The summed E-state index contributed by atoms with van der Waals surface area (Å²) in [6.07, 6.45) is 0. The van der Waals surface area contributed by atoms with Gasteiger partial charge in [0, 0.05) is 7.11 Å². The number of benzene rings is 1. The lowest BCUT2D eigenvalue weighted by atomic mass is 10.2. The van der Waals surface area contributed by atoms with Crippen LogP contribution in [-0.4, -0.2) is 39.9 Å². The molecule has 96 valence electrons. The summed E-state index contributed by atoms with van der Waals surface area (Å²) in [5, 5.41) is 9.03. The molecular formula is C11H17NO4S. The predicted octanol–water partition coefficient (Wildman–Crippen LogP) is 0.281. The van der Waals surface area contributed by atoms with Gasteiger partial charge in [-0.1, -0.05) is 18.2 Å². The lowest BCUT2D eigenvalue weighted by molar-refractivity contribution is 0.139. The van der Waals surface area contributed by atoms with Crippen LogP contribution in [-0.2, 0) is 14.8 Å². The Kier molecular flexibility index (Phi) is 5.07. The van der Waals surface area contributed by atoms with Gasteiger partial charge >= 0.3 is 0 Å². The molecule has 0 aromatic heterocycles. The molecule has 0 amide bonds. The Balaban J connectivity index is 2.92. The van der Waals surface area contributed by atoms with Crippen molar-refractivity contribution in [2.24, 2.45) is 0 Å². The van der Waals surface area contributed by atoms with Gasteiger partial charge in [-0.05, 0) is 18.6 Å². The number of rotatable bonds is 6. The highest BCUT2D eigenvalue weighted by Gasteiger charge is 2.20. The van der Waals surface area contributed by atoms with Crippen LogP contribution in [0.15, 0.2) is 29.2 Å². The zero-order valence-electron chi connectivity index (χ0n) is 9.88. The molecule has 5 nitrogen and oxygen atoms in total. The fraction of sp³-hybridized carbons (Fsp3) is 0.455. The van der Waals surface area contributed by atoms with Gasteiger partial charge in [0.15, 0.2) is 0 Å². The van der Waals surface area contributed by atoms with Crippen molar-refractivity contribution in [3.8, 4) is 0 Å². The molecule has 17 heavy (non-hydrogen) atoms. The normalized spacial score (nSPS) is 13.6. The van der Waals surface area contributed by atoms with Crippen LogP contribution in [0.1, 0.15) is 5.56 Å². The summed E-state index contributed by atoms with van der Waals surface area (Å²) in [5.41, 5.74) is 0.661. The molecule has 0 saturated heterocycles. The topological polar surface area (TPSA) is 75.6 Å². The van der Waals surface area contributed by atoms with Gasteiger partial charge in [-0.25, -0.2) is 13.1 Å². The third-order valence-corrected chi connectivity index (χ3v) is 3.97. The van der Waals surface area contributed by atoms with Gasteiger partial charge in [0.05, 0.1) is 24.2 Å². The number of aliphatic hydroxyl groups excluding tert-OH is 1. The summed E-state index contributed by atoms with van der Waals surface area (Å²) in [5.74, 6) is 0. The van der Waals surface area contributed by atoms with E-state index in [9.17, 15) is 8.42 Å². The lowest BCUT2D eigenvalue weighted by Gasteiger charge is -2.16. The average molecular weight is 259 g/mol. The van der Waals surface area contributed by atoms with E-state index in [0.29, 0.717) is 5.56 Å². The van der Waals surface area contributed by atoms with Crippen molar-refractivity contribution in [2.45, 2.75) is 17.9 Å². The first-order valence-corrected chi connectivity index (χ1v) is 6.67. The zero-order chi connectivity index (χ0) is 12.9. The van der Waals surface area contributed by atoms with E-state index in [0.717, 1.165) is 0 Å². The van der Waals surface area contributed by atoms with Crippen LogP contribution in [0.25, 0.3) is 0 Å². The van der Waals surface area contributed by atoms with Gasteiger partial charge in [0.25, 0.3) is 0 Å². The summed E-state index contributed by atoms with van der Waals surface area (Å²) >= 11 is 0. The molecule has 0 fully saturated rings. The Morgan fingerprint density at radius 3 is 2.59 bits per heavy atom. The van der Waals surface area contributed by atoms with Gasteiger partial charge in [-0.15, -0.1) is 0 Å². The molecule has 0 aliphatic heterocycles. The standard InChI is InChI=1S/C11H17NO4S/c1-9-5-3-4-6-11(9)17(14,15)12-10(7-13)8-16-2/h3-6,10,12-13H,7-8H2,1-2H3. The van der Waals surface area contributed by atoms with Crippen molar-refractivity contribution >= 4 is 10.0 Å². The van der Waals surface area contributed by atoms with Crippen LogP contribution in [0.4, 0.5) is 0 Å². The van der Waals surface area contributed by atoms with E-state index >= 15 is 0 Å². The molecule has 1 rings (SSSR count). The van der Waals surface area contributed by atoms with E-state index in [1.165, 1.54) is 13.2 Å². The van der Waals surface area contributed by atoms with E-state index in [1.54, 1.807) is 25.1 Å². The largest absolute Gasteiger partial charge is 0.395 e. The second kappa shape index (κ2) is 6.11. The number of sulfonamides is 1. The number of hydrogen-bond donors (Lipinski definition) is 2. The Hall–Kier alpha value is -0.950. The third kappa shape index (κ3) is 3.78. The maximum Gasteiger partial charge on any atom is 0.241 e. The SMILES string of the molecule is COCC(CO)NS(=O)(=O)c1ccccc1C. The predicted molar refractivity (Wildman–Crippen MR) is 64.3 cm³/mol. The van der Waals surface area contributed by atoms with Crippen LogP contribution in [0.3, 0.4) is 0 Å². The maximum absolute atomic E-state index is 12.0. The molecule has 2 N–H and O–H groups in total. The summed E-state index contributed by atoms with van der Waals surface area (Å²) in [6, 6.07) is 6.04. The van der Waals surface area contributed by atoms with Crippen LogP contribution in [0.2, 0.25) is 0 Å². The molecule has 1 unspecified atom stereocenters. The number of nitrogens with one attached hydrogen (secondary N) is 1. The Morgan fingerprint density at radius 1 is 1.41 bits per heavy atom. The first-order chi connectivity index (χ1) is 8.01. The number of aliphatic hydroxyl groups is 1. The van der Waals surface area contributed by atoms with E-state index in [2.05, 4.69) is 4.72 Å². The Morgan fingerprint density at radius 2 is 2.06 bits per heavy atom. The summed E-state index contributed by atoms with van der Waals surface area (Å²) in [6.45, 7) is 1.54. The van der Waals surface area contributed by atoms with Crippen LogP contribution >= 0.6 is 0 Å². The minimum Gasteiger partial charge on any atom is -0.395 e. The molecule has 0 radical (unpaired) electrons. The number of aryl methyl sites for hydroxylation is 1. The number of methoxy groups -OCH3 is 1. The van der Waals surface area contributed by atoms with Crippen molar-refractivity contribution in [1.82, 2.24) is 4.72 Å². The summed E-state index contributed by atoms with van der Waals surface area (Å²) < 4.78 is 31.3. The van der Waals surface area contributed by atoms with E-state index in [4.69, 9.17) is 9.84 Å². The molecule has 0 bridgehead atoms. The number of ether oxygens (including phenoxy) is 1. The molecule has 0 heterocycles. The van der Waals surface area contributed by atoms with Crippen molar-refractivity contribution in [3.05, 3.63) is 29.8 Å². The summed E-state index contributed by atoms with van der Waals surface area (Å²) in [4.78, 5) is 0.217. The molecule has 1 atom stereocenters. The van der Waals surface area contributed by atoms with Gasteiger partial charge in [0.1, 0.15) is 0 Å². The number of hydrogen-bond acceptors (Lipinski definition) is 4. The molecule has 0 aliphatic carbocycles. The minimum absolute atomic E-state index is 0.127. The quantitative estimate of drug-likeness (QED) is 0.769. The Labute approximate surface area is 101 Å². The van der Waals surface area contributed by atoms with Crippen LogP contribution < -0.4 is 4.72 Å². The van der Waals surface area contributed by atoms with Crippen molar-refractivity contribution in [3.63, 3.8) is 0 Å². The van der Waals surface area contributed by atoms with Gasteiger partial charge < -0.3 is 9.84 Å². The van der Waals surface area contributed by atoms with E-state index < -0.39 is 16.1 Å². The molecular weight excluding hydrogens is 242 g/mol. The van der Waals surface area contributed by atoms with Crippen molar-refractivity contribution < 1.29 is 18.3 Å². The van der Waals surface area contributed by atoms with Gasteiger partial charge in [-0.3, -0.25) is 0 Å². The van der Waals surface area contributed by atoms with Crippen LogP contribution in [0.5, 0.6) is 0 Å². The molecule has 1 aromatic rings. The molecule has 0 spiro atoms. The van der Waals surface area contributed by atoms with Crippen molar-refractivity contribution in [2.75, 3.05) is 20.3 Å². The fourth-order valence-electron chi connectivity index (χ4n) is 1.47. The Bertz CT molecular complexity index is 458. The van der Waals surface area contributed by atoms with Gasteiger partial charge in [-0.2, -0.15) is 0 Å². The zero-order valence-corrected chi connectivity index (χ0v) is 10.7. The minimum atomic E-state index is -3.61.